The third-order valence-electron chi connectivity index (χ3n) is 2.92. The SMILES string of the molecule is COC(=O)C(NC(=O)c1cc(-c2cccs2)on1)C(C)C. The van der Waals surface area contributed by atoms with Crippen molar-refractivity contribution in [3.8, 4) is 10.6 Å². The molecule has 0 aliphatic rings. The zero-order chi connectivity index (χ0) is 15.4. The first-order chi connectivity index (χ1) is 10.0. The monoisotopic (exact) mass is 308 g/mol. The molecule has 112 valence electrons. The summed E-state index contributed by atoms with van der Waals surface area (Å²) in [6, 6.07) is 4.59. The Morgan fingerprint density at radius 3 is 2.76 bits per heavy atom. The van der Waals surface area contributed by atoms with Gasteiger partial charge >= 0.3 is 5.97 Å². The molecule has 2 heterocycles. The molecule has 0 bridgehead atoms. The van der Waals surface area contributed by atoms with Crippen molar-refractivity contribution in [2.75, 3.05) is 7.11 Å². The predicted molar refractivity (Wildman–Crippen MR) is 77.9 cm³/mol. The largest absolute Gasteiger partial charge is 0.467 e. The summed E-state index contributed by atoms with van der Waals surface area (Å²) in [6.45, 7) is 3.64. The zero-order valence-corrected chi connectivity index (χ0v) is 12.8. The Labute approximate surface area is 126 Å². The van der Waals surface area contributed by atoms with Gasteiger partial charge in [0.1, 0.15) is 6.04 Å². The molecule has 0 aliphatic heterocycles. The van der Waals surface area contributed by atoms with Crippen molar-refractivity contribution >= 4 is 23.2 Å². The number of carbonyl (C=O) groups excluding carboxylic acids is 2. The number of aromatic nitrogens is 1. The Morgan fingerprint density at radius 2 is 2.19 bits per heavy atom. The maximum atomic E-state index is 12.1. The quantitative estimate of drug-likeness (QED) is 0.857. The second kappa shape index (κ2) is 6.53. The van der Waals surface area contributed by atoms with E-state index in [4.69, 9.17) is 4.52 Å². The summed E-state index contributed by atoms with van der Waals surface area (Å²) < 4.78 is 9.82. The first kappa shape index (κ1) is 15.2. The molecular formula is C14H16N2O4S. The predicted octanol–water partition coefficient (Wildman–Crippen LogP) is 2.33. The van der Waals surface area contributed by atoms with Gasteiger partial charge in [0.15, 0.2) is 11.5 Å². The highest BCUT2D eigenvalue weighted by molar-refractivity contribution is 7.13. The van der Waals surface area contributed by atoms with Gasteiger partial charge in [-0.1, -0.05) is 25.1 Å². The van der Waals surface area contributed by atoms with Crippen LogP contribution in [-0.2, 0) is 9.53 Å². The second-order valence-electron chi connectivity index (χ2n) is 4.77. The molecule has 2 aromatic heterocycles. The number of nitrogens with one attached hydrogen (secondary N) is 1. The first-order valence-electron chi connectivity index (χ1n) is 6.42. The Balaban J connectivity index is 2.11. The molecule has 0 spiro atoms. The van der Waals surface area contributed by atoms with Crippen LogP contribution >= 0.6 is 11.3 Å². The third-order valence-corrected chi connectivity index (χ3v) is 3.80. The van der Waals surface area contributed by atoms with E-state index in [0.717, 1.165) is 4.88 Å². The lowest BCUT2D eigenvalue weighted by atomic mass is 10.0. The van der Waals surface area contributed by atoms with Gasteiger partial charge in [0.2, 0.25) is 0 Å². The molecule has 0 aromatic carbocycles. The molecule has 1 amide bonds. The molecule has 0 saturated heterocycles. The van der Waals surface area contributed by atoms with E-state index in [0.29, 0.717) is 5.76 Å². The van der Waals surface area contributed by atoms with Gasteiger partial charge in [0, 0.05) is 6.07 Å². The number of hydrogen-bond acceptors (Lipinski definition) is 6. The lowest BCUT2D eigenvalue weighted by Crippen LogP contribution is -2.45. The summed E-state index contributed by atoms with van der Waals surface area (Å²) >= 11 is 1.49. The number of methoxy groups -OCH3 is 1. The zero-order valence-electron chi connectivity index (χ0n) is 12.0. The van der Waals surface area contributed by atoms with Gasteiger partial charge in [-0.3, -0.25) is 4.79 Å². The molecule has 0 aliphatic carbocycles. The van der Waals surface area contributed by atoms with E-state index >= 15 is 0 Å². The van der Waals surface area contributed by atoms with Gasteiger partial charge in [0.25, 0.3) is 5.91 Å². The molecule has 7 heteroatoms. The average Bonchev–Trinajstić information content (AvgIpc) is 3.12. The number of hydrogen-bond donors (Lipinski definition) is 1. The molecule has 6 nitrogen and oxygen atoms in total. The molecular weight excluding hydrogens is 292 g/mol. The van der Waals surface area contributed by atoms with Crippen molar-refractivity contribution < 1.29 is 18.8 Å². The maximum Gasteiger partial charge on any atom is 0.328 e. The standard InChI is InChI=1S/C14H16N2O4S/c1-8(2)12(14(18)19-3)15-13(17)9-7-10(20-16-9)11-5-4-6-21-11/h4-8,12H,1-3H3,(H,15,17). The number of rotatable bonds is 5. The van der Waals surface area contributed by atoms with Gasteiger partial charge in [-0.05, 0) is 17.4 Å². The normalized spacial score (nSPS) is 12.2. The van der Waals surface area contributed by atoms with E-state index in [1.165, 1.54) is 18.4 Å². The molecule has 1 N–H and O–H groups in total. The van der Waals surface area contributed by atoms with Gasteiger partial charge in [0.05, 0.1) is 12.0 Å². The van der Waals surface area contributed by atoms with Crippen molar-refractivity contribution in [1.82, 2.24) is 10.5 Å². The fraction of sp³-hybridized carbons (Fsp3) is 0.357. The topological polar surface area (TPSA) is 81.4 Å². The van der Waals surface area contributed by atoms with Crippen LogP contribution in [0.15, 0.2) is 28.1 Å². The van der Waals surface area contributed by atoms with Crippen molar-refractivity contribution in [3.05, 3.63) is 29.3 Å². The van der Waals surface area contributed by atoms with Crippen molar-refractivity contribution in [3.63, 3.8) is 0 Å². The fourth-order valence-corrected chi connectivity index (χ4v) is 2.43. The van der Waals surface area contributed by atoms with E-state index in [2.05, 4.69) is 15.2 Å². The van der Waals surface area contributed by atoms with Crippen LogP contribution in [0.4, 0.5) is 0 Å². The van der Waals surface area contributed by atoms with E-state index < -0.39 is 17.9 Å². The number of nitrogens with zero attached hydrogens (tertiary/aromatic N) is 1. The highest BCUT2D eigenvalue weighted by Crippen LogP contribution is 2.25. The highest BCUT2D eigenvalue weighted by atomic mass is 32.1. The fourth-order valence-electron chi connectivity index (χ4n) is 1.76. The van der Waals surface area contributed by atoms with Crippen LogP contribution in [0, 0.1) is 5.92 Å². The number of esters is 1. The minimum atomic E-state index is -0.718. The smallest absolute Gasteiger partial charge is 0.328 e. The van der Waals surface area contributed by atoms with Crippen LogP contribution in [0.25, 0.3) is 10.6 Å². The van der Waals surface area contributed by atoms with Crippen LogP contribution in [0.1, 0.15) is 24.3 Å². The lowest BCUT2D eigenvalue weighted by molar-refractivity contribution is -0.144. The molecule has 0 fully saturated rings. The number of thiophene rings is 1. The van der Waals surface area contributed by atoms with Crippen LogP contribution in [0.3, 0.4) is 0 Å². The van der Waals surface area contributed by atoms with E-state index in [9.17, 15) is 9.59 Å². The van der Waals surface area contributed by atoms with Gasteiger partial charge < -0.3 is 14.6 Å². The van der Waals surface area contributed by atoms with Crippen molar-refractivity contribution in [2.45, 2.75) is 19.9 Å². The molecule has 1 atom stereocenters. The second-order valence-corrected chi connectivity index (χ2v) is 5.72. The average molecular weight is 308 g/mol. The Bertz CT molecular complexity index is 619. The summed E-state index contributed by atoms with van der Waals surface area (Å²) in [4.78, 5) is 24.6. The van der Waals surface area contributed by atoms with E-state index in [1.54, 1.807) is 6.07 Å². The molecule has 0 radical (unpaired) electrons. The molecule has 2 rings (SSSR count). The van der Waals surface area contributed by atoms with Crippen molar-refractivity contribution in [1.29, 1.82) is 0 Å². The van der Waals surface area contributed by atoms with Crippen LogP contribution in [-0.4, -0.2) is 30.2 Å². The Kier molecular flexibility index (Phi) is 4.74. The Morgan fingerprint density at radius 1 is 1.43 bits per heavy atom. The minimum absolute atomic E-state index is 0.0925. The molecule has 2 aromatic rings. The lowest BCUT2D eigenvalue weighted by Gasteiger charge is -2.18. The van der Waals surface area contributed by atoms with Crippen molar-refractivity contribution in [2.24, 2.45) is 5.92 Å². The van der Waals surface area contributed by atoms with Crippen LogP contribution in [0.2, 0.25) is 0 Å². The van der Waals surface area contributed by atoms with E-state index in [1.807, 2.05) is 31.4 Å². The maximum absolute atomic E-state index is 12.1. The Hall–Kier alpha value is -2.15. The van der Waals surface area contributed by atoms with Gasteiger partial charge in [-0.25, -0.2) is 4.79 Å². The number of carbonyl (C=O) groups is 2. The van der Waals surface area contributed by atoms with Crippen LogP contribution in [0.5, 0.6) is 0 Å². The number of ether oxygens (including phenoxy) is 1. The summed E-state index contributed by atoms with van der Waals surface area (Å²) in [6.07, 6.45) is 0. The van der Waals surface area contributed by atoms with Gasteiger partial charge in [-0.2, -0.15) is 0 Å². The first-order valence-corrected chi connectivity index (χ1v) is 7.30. The third kappa shape index (κ3) is 3.49. The molecule has 21 heavy (non-hydrogen) atoms. The number of amides is 1. The summed E-state index contributed by atoms with van der Waals surface area (Å²) in [5.74, 6) is -0.523. The summed E-state index contributed by atoms with van der Waals surface area (Å²) in [5.41, 5.74) is 0.132. The van der Waals surface area contributed by atoms with Crippen LogP contribution < -0.4 is 5.32 Å². The highest BCUT2D eigenvalue weighted by Gasteiger charge is 2.26. The van der Waals surface area contributed by atoms with Gasteiger partial charge in [-0.15, -0.1) is 11.3 Å². The van der Waals surface area contributed by atoms with E-state index in [-0.39, 0.29) is 11.6 Å². The molecule has 1 unspecified atom stereocenters. The summed E-state index contributed by atoms with van der Waals surface area (Å²) in [5, 5.41) is 8.25. The minimum Gasteiger partial charge on any atom is -0.467 e. The summed E-state index contributed by atoms with van der Waals surface area (Å²) in [7, 11) is 1.29. The molecule has 0 saturated carbocycles.